The van der Waals surface area contributed by atoms with Gasteiger partial charge in [0.05, 0.1) is 18.2 Å². The maximum absolute atomic E-state index is 12.7. The number of amides is 1. The van der Waals surface area contributed by atoms with Crippen molar-refractivity contribution < 1.29 is 9.53 Å². The first kappa shape index (κ1) is 17.4. The average Bonchev–Trinajstić information content (AvgIpc) is 2.83. The third-order valence-corrected chi connectivity index (χ3v) is 4.71. The van der Waals surface area contributed by atoms with Gasteiger partial charge in [-0.1, -0.05) is 30.7 Å². The summed E-state index contributed by atoms with van der Waals surface area (Å²) >= 11 is 0. The van der Waals surface area contributed by atoms with Gasteiger partial charge in [0.15, 0.2) is 0 Å². The Morgan fingerprint density at radius 2 is 2.08 bits per heavy atom. The van der Waals surface area contributed by atoms with Gasteiger partial charge in [-0.25, -0.2) is 0 Å². The van der Waals surface area contributed by atoms with Crippen molar-refractivity contribution >= 4 is 5.91 Å². The number of nitrogens with zero attached hydrogens (tertiary/aromatic N) is 1. The van der Waals surface area contributed by atoms with E-state index in [4.69, 9.17) is 4.74 Å². The Labute approximate surface area is 147 Å². The van der Waals surface area contributed by atoms with E-state index in [0.717, 1.165) is 25.7 Å². The number of carbonyl (C=O) groups excluding carboxylic acids is 1. The summed E-state index contributed by atoms with van der Waals surface area (Å²) in [7, 11) is 1.59. The van der Waals surface area contributed by atoms with Gasteiger partial charge in [0.2, 0.25) is 0 Å². The maximum atomic E-state index is 12.7. The SMILES string of the molecule is COCCn1cc(C(=O)NC2CCCCc3ccccc32)ccc1=O. The lowest BCUT2D eigenvalue weighted by Gasteiger charge is -2.19. The Morgan fingerprint density at radius 3 is 2.92 bits per heavy atom. The highest BCUT2D eigenvalue weighted by Crippen LogP contribution is 2.28. The highest BCUT2D eigenvalue weighted by Gasteiger charge is 2.21. The topological polar surface area (TPSA) is 60.3 Å². The third kappa shape index (κ3) is 4.17. The molecule has 5 nitrogen and oxygen atoms in total. The third-order valence-electron chi connectivity index (χ3n) is 4.71. The highest BCUT2D eigenvalue weighted by atomic mass is 16.5. The van der Waals surface area contributed by atoms with Gasteiger partial charge in [-0.15, -0.1) is 0 Å². The van der Waals surface area contributed by atoms with E-state index in [-0.39, 0.29) is 17.5 Å². The summed E-state index contributed by atoms with van der Waals surface area (Å²) in [5, 5.41) is 3.15. The number of pyridine rings is 1. The zero-order chi connectivity index (χ0) is 17.6. The Morgan fingerprint density at radius 1 is 1.24 bits per heavy atom. The van der Waals surface area contributed by atoms with Crippen LogP contribution < -0.4 is 10.9 Å². The smallest absolute Gasteiger partial charge is 0.253 e. The van der Waals surface area contributed by atoms with Crippen LogP contribution in [-0.2, 0) is 17.7 Å². The van der Waals surface area contributed by atoms with E-state index in [1.807, 2.05) is 6.07 Å². The molecule has 1 unspecified atom stereocenters. The lowest BCUT2D eigenvalue weighted by atomic mass is 9.99. The number of aryl methyl sites for hydroxylation is 1. The molecule has 1 amide bonds. The van der Waals surface area contributed by atoms with E-state index < -0.39 is 0 Å². The first-order chi connectivity index (χ1) is 12.2. The van der Waals surface area contributed by atoms with Gasteiger partial charge < -0.3 is 14.6 Å². The Hall–Kier alpha value is -2.40. The van der Waals surface area contributed by atoms with E-state index >= 15 is 0 Å². The van der Waals surface area contributed by atoms with Gasteiger partial charge in [0, 0.05) is 25.9 Å². The van der Waals surface area contributed by atoms with E-state index in [1.165, 1.54) is 21.8 Å². The van der Waals surface area contributed by atoms with Crippen LogP contribution in [0.2, 0.25) is 0 Å². The molecule has 0 saturated heterocycles. The zero-order valence-corrected chi connectivity index (χ0v) is 14.5. The number of benzene rings is 1. The Kier molecular flexibility index (Phi) is 5.66. The minimum Gasteiger partial charge on any atom is -0.383 e. The molecule has 1 aliphatic carbocycles. The van der Waals surface area contributed by atoms with Crippen molar-refractivity contribution in [1.29, 1.82) is 0 Å². The van der Waals surface area contributed by atoms with Crippen molar-refractivity contribution in [3.63, 3.8) is 0 Å². The van der Waals surface area contributed by atoms with Crippen LogP contribution in [0.4, 0.5) is 0 Å². The van der Waals surface area contributed by atoms with Gasteiger partial charge in [-0.2, -0.15) is 0 Å². The van der Waals surface area contributed by atoms with Crippen molar-refractivity contribution in [2.75, 3.05) is 13.7 Å². The van der Waals surface area contributed by atoms with E-state index in [2.05, 4.69) is 23.5 Å². The monoisotopic (exact) mass is 340 g/mol. The van der Waals surface area contributed by atoms with Crippen molar-refractivity contribution in [2.24, 2.45) is 0 Å². The maximum Gasteiger partial charge on any atom is 0.253 e. The molecule has 0 radical (unpaired) electrons. The molecule has 1 atom stereocenters. The second kappa shape index (κ2) is 8.12. The molecular formula is C20H24N2O3. The first-order valence-corrected chi connectivity index (χ1v) is 8.77. The number of rotatable bonds is 5. The number of carbonyl (C=O) groups is 1. The Balaban J connectivity index is 1.79. The fourth-order valence-corrected chi connectivity index (χ4v) is 3.34. The molecule has 0 aliphatic heterocycles. The molecule has 132 valence electrons. The number of nitrogens with one attached hydrogen (secondary N) is 1. The number of aromatic nitrogens is 1. The van der Waals surface area contributed by atoms with Crippen LogP contribution in [0, 0.1) is 0 Å². The fraction of sp³-hybridized carbons (Fsp3) is 0.400. The van der Waals surface area contributed by atoms with Gasteiger partial charge in [0.1, 0.15) is 0 Å². The standard InChI is InChI=1S/C20H24N2O3/c1-25-13-12-22-14-16(10-11-19(22)23)20(24)21-18-9-5-3-7-15-6-2-4-8-17(15)18/h2,4,6,8,10-11,14,18H,3,5,7,9,12-13H2,1H3,(H,21,24). The molecule has 25 heavy (non-hydrogen) atoms. The highest BCUT2D eigenvalue weighted by molar-refractivity contribution is 5.94. The van der Waals surface area contributed by atoms with Gasteiger partial charge in [-0.3, -0.25) is 9.59 Å². The molecule has 0 bridgehead atoms. The van der Waals surface area contributed by atoms with Gasteiger partial charge in [-0.05, 0) is 36.5 Å². The summed E-state index contributed by atoms with van der Waals surface area (Å²) in [5.74, 6) is -0.145. The second-order valence-electron chi connectivity index (χ2n) is 6.41. The first-order valence-electron chi connectivity index (χ1n) is 8.77. The van der Waals surface area contributed by atoms with Crippen molar-refractivity contribution in [1.82, 2.24) is 9.88 Å². The van der Waals surface area contributed by atoms with Crippen LogP contribution in [-0.4, -0.2) is 24.2 Å². The molecule has 0 fully saturated rings. The minimum absolute atomic E-state index is 0.0190. The minimum atomic E-state index is -0.145. The van der Waals surface area contributed by atoms with Crippen LogP contribution in [0.25, 0.3) is 0 Å². The summed E-state index contributed by atoms with van der Waals surface area (Å²) in [5.41, 5.74) is 2.89. The molecule has 1 N–H and O–H groups in total. The van der Waals surface area contributed by atoms with E-state index in [0.29, 0.717) is 18.7 Å². The largest absolute Gasteiger partial charge is 0.383 e. The number of methoxy groups -OCH3 is 1. The summed E-state index contributed by atoms with van der Waals surface area (Å²) < 4.78 is 6.53. The molecule has 0 saturated carbocycles. The molecular weight excluding hydrogens is 316 g/mol. The predicted octanol–water partition coefficient (Wildman–Crippen LogP) is 2.69. The normalized spacial score (nSPS) is 16.8. The second-order valence-corrected chi connectivity index (χ2v) is 6.41. The van der Waals surface area contributed by atoms with Crippen molar-refractivity contribution in [2.45, 2.75) is 38.3 Å². The average molecular weight is 340 g/mol. The van der Waals surface area contributed by atoms with Crippen LogP contribution in [0.15, 0.2) is 47.4 Å². The lowest BCUT2D eigenvalue weighted by molar-refractivity contribution is 0.0933. The predicted molar refractivity (Wildman–Crippen MR) is 96.8 cm³/mol. The summed E-state index contributed by atoms with van der Waals surface area (Å²) in [6.45, 7) is 0.865. The van der Waals surface area contributed by atoms with Crippen LogP contribution in [0.1, 0.15) is 46.8 Å². The molecule has 1 aromatic carbocycles. The van der Waals surface area contributed by atoms with Crippen LogP contribution in [0.5, 0.6) is 0 Å². The Bertz CT molecular complexity index is 798. The number of ether oxygens (including phenoxy) is 1. The van der Waals surface area contributed by atoms with Crippen molar-refractivity contribution in [3.8, 4) is 0 Å². The molecule has 1 aromatic heterocycles. The molecule has 1 heterocycles. The van der Waals surface area contributed by atoms with E-state index in [1.54, 1.807) is 19.4 Å². The van der Waals surface area contributed by atoms with Gasteiger partial charge in [0.25, 0.3) is 11.5 Å². The summed E-state index contributed by atoms with van der Waals surface area (Å²) in [6, 6.07) is 11.4. The van der Waals surface area contributed by atoms with E-state index in [9.17, 15) is 9.59 Å². The zero-order valence-electron chi connectivity index (χ0n) is 14.5. The van der Waals surface area contributed by atoms with Crippen molar-refractivity contribution in [3.05, 3.63) is 69.6 Å². The van der Waals surface area contributed by atoms with Crippen LogP contribution >= 0.6 is 0 Å². The number of hydrogen-bond acceptors (Lipinski definition) is 3. The summed E-state index contributed by atoms with van der Waals surface area (Å²) in [6.07, 6.45) is 5.84. The molecule has 2 aromatic rings. The molecule has 5 heteroatoms. The molecule has 1 aliphatic rings. The van der Waals surface area contributed by atoms with Gasteiger partial charge >= 0.3 is 0 Å². The lowest BCUT2D eigenvalue weighted by Crippen LogP contribution is -2.30. The summed E-state index contributed by atoms with van der Waals surface area (Å²) in [4.78, 5) is 24.6. The van der Waals surface area contributed by atoms with Crippen LogP contribution in [0.3, 0.4) is 0 Å². The quantitative estimate of drug-likeness (QED) is 0.852. The molecule has 0 spiro atoms. The number of fused-ring (bicyclic) bond motifs is 1. The molecule has 3 rings (SSSR count). The fourth-order valence-electron chi connectivity index (χ4n) is 3.34. The number of hydrogen-bond donors (Lipinski definition) is 1.